The molecule has 0 aliphatic carbocycles. The number of nitrogen functional groups attached to an aromatic ring is 1. The van der Waals surface area contributed by atoms with Crippen LogP contribution >= 0.6 is 0 Å². The molecule has 5 N–H and O–H groups in total. The SMILES string of the molecule is Nc1nc(=O)n(C2OC(CO)C(=CF)C2O)cc1CO. The second-order valence-corrected chi connectivity index (χ2v) is 4.25. The minimum absolute atomic E-state index is 0.133. The average Bonchev–Trinajstić information content (AvgIpc) is 2.75. The first-order valence-electron chi connectivity index (χ1n) is 5.76. The lowest BCUT2D eigenvalue weighted by Gasteiger charge is -2.17. The molecule has 0 amide bonds. The molecule has 9 heteroatoms. The highest BCUT2D eigenvalue weighted by molar-refractivity contribution is 5.36. The van der Waals surface area contributed by atoms with Crippen molar-refractivity contribution >= 4 is 5.82 Å². The Morgan fingerprint density at radius 2 is 2.25 bits per heavy atom. The van der Waals surface area contributed by atoms with Gasteiger partial charge >= 0.3 is 5.69 Å². The maximum atomic E-state index is 12.7. The standard InChI is InChI=1S/C11H14FN3O5/c12-1-6-7(4-17)20-10(8(6)18)15-2-5(3-16)9(13)14-11(15)19/h1-2,7-8,10,16-18H,3-4H2,(H2,13,14,19). The lowest BCUT2D eigenvalue weighted by atomic mass is 10.1. The van der Waals surface area contributed by atoms with Gasteiger partial charge in [0.05, 0.1) is 19.5 Å². The van der Waals surface area contributed by atoms with Gasteiger partial charge < -0.3 is 25.8 Å². The van der Waals surface area contributed by atoms with Crippen LogP contribution in [0.25, 0.3) is 0 Å². The Morgan fingerprint density at radius 3 is 2.75 bits per heavy atom. The van der Waals surface area contributed by atoms with Crippen molar-refractivity contribution in [2.24, 2.45) is 0 Å². The number of nitrogens with zero attached hydrogens (tertiary/aromatic N) is 2. The van der Waals surface area contributed by atoms with E-state index in [-0.39, 0.29) is 23.3 Å². The number of hydrogen-bond acceptors (Lipinski definition) is 7. The van der Waals surface area contributed by atoms with Crippen molar-refractivity contribution in [3.63, 3.8) is 0 Å². The van der Waals surface area contributed by atoms with Gasteiger partial charge in [-0.15, -0.1) is 0 Å². The summed E-state index contributed by atoms with van der Waals surface area (Å²) in [6.07, 6.45) is -2.45. The van der Waals surface area contributed by atoms with Crippen molar-refractivity contribution in [3.05, 3.63) is 34.1 Å². The van der Waals surface area contributed by atoms with Gasteiger partial charge in [0.15, 0.2) is 6.23 Å². The van der Waals surface area contributed by atoms with E-state index in [1.807, 2.05) is 0 Å². The summed E-state index contributed by atoms with van der Waals surface area (Å²) in [5, 5.41) is 28.1. The molecule has 20 heavy (non-hydrogen) atoms. The third-order valence-electron chi connectivity index (χ3n) is 3.08. The van der Waals surface area contributed by atoms with E-state index in [2.05, 4.69) is 4.98 Å². The molecule has 0 saturated carbocycles. The van der Waals surface area contributed by atoms with E-state index in [1.165, 1.54) is 6.20 Å². The maximum Gasteiger partial charge on any atom is 0.351 e. The van der Waals surface area contributed by atoms with Gasteiger partial charge in [-0.05, 0) is 0 Å². The normalized spacial score (nSPS) is 28.2. The van der Waals surface area contributed by atoms with Crippen molar-refractivity contribution in [3.8, 4) is 0 Å². The lowest BCUT2D eigenvalue weighted by Crippen LogP contribution is -2.33. The fraction of sp³-hybridized carbons (Fsp3) is 0.455. The third-order valence-corrected chi connectivity index (χ3v) is 3.08. The molecule has 2 rings (SSSR count). The smallest absolute Gasteiger partial charge is 0.351 e. The molecule has 2 heterocycles. The average molecular weight is 287 g/mol. The van der Waals surface area contributed by atoms with Crippen LogP contribution < -0.4 is 11.4 Å². The quantitative estimate of drug-likeness (QED) is 0.527. The number of aliphatic hydroxyl groups excluding tert-OH is 3. The fourth-order valence-corrected chi connectivity index (χ4v) is 2.00. The van der Waals surface area contributed by atoms with Gasteiger partial charge in [0, 0.05) is 17.3 Å². The molecule has 1 aliphatic heterocycles. The number of hydrogen-bond donors (Lipinski definition) is 4. The van der Waals surface area contributed by atoms with Gasteiger partial charge in [0.1, 0.15) is 18.0 Å². The predicted molar refractivity (Wildman–Crippen MR) is 65.0 cm³/mol. The van der Waals surface area contributed by atoms with Crippen LogP contribution in [0.2, 0.25) is 0 Å². The van der Waals surface area contributed by atoms with Crippen molar-refractivity contribution in [1.29, 1.82) is 0 Å². The molecule has 0 radical (unpaired) electrons. The van der Waals surface area contributed by atoms with Crippen molar-refractivity contribution in [2.45, 2.75) is 25.0 Å². The highest BCUT2D eigenvalue weighted by Crippen LogP contribution is 2.32. The van der Waals surface area contributed by atoms with Gasteiger partial charge in [0.25, 0.3) is 0 Å². The molecule has 1 saturated heterocycles. The van der Waals surface area contributed by atoms with Crippen LogP contribution in [-0.2, 0) is 11.3 Å². The molecule has 1 aromatic rings. The van der Waals surface area contributed by atoms with E-state index in [9.17, 15) is 14.3 Å². The van der Waals surface area contributed by atoms with Crippen LogP contribution in [0, 0.1) is 0 Å². The van der Waals surface area contributed by atoms with Crippen LogP contribution in [-0.4, -0.2) is 43.7 Å². The van der Waals surface area contributed by atoms with Gasteiger partial charge in [0.2, 0.25) is 0 Å². The fourth-order valence-electron chi connectivity index (χ4n) is 2.00. The molecule has 1 aromatic heterocycles. The number of nitrogens with two attached hydrogens (primary N) is 1. The summed E-state index contributed by atoms with van der Waals surface area (Å²) < 4.78 is 18.8. The molecule has 8 nitrogen and oxygen atoms in total. The van der Waals surface area contributed by atoms with Crippen LogP contribution in [0.4, 0.5) is 10.2 Å². The summed E-state index contributed by atoms with van der Waals surface area (Å²) in [6, 6.07) is 0. The molecule has 3 atom stereocenters. The first-order valence-corrected chi connectivity index (χ1v) is 5.76. The molecule has 1 aliphatic rings. The van der Waals surface area contributed by atoms with E-state index < -0.39 is 37.3 Å². The summed E-state index contributed by atoms with van der Waals surface area (Å²) in [5.41, 5.74) is 4.61. The summed E-state index contributed by atoms with van der Waals surface area (Å²) in [6.45, 7) is -1.01. The van der Waals surface area contributed by atoms with Crippen molar-refractivity contribution in [2.75, 3.05) is 12.3 Å². The van der Waals surface area contributed by atoms with Crippen molar-refractivity contribution < 1.29 is 24.4 Å². The van der Waals surface area contributed by atoms with E-state index in [0.717, 1.165) is 4.57 Å². The Hall–Kier alpha value is -1.81. The Labute approximate surface area is 112 Å². The monoisotopic (exact) mass is 287 g/mol. The number of aromatic nitrogens is 2. The summed E-state index contributed by atoms with van der Waals surface area (Å²) in [5.74, 6) is -0.138. The zero-order chi connectivity index (χ0) is 14.9. The molecule has 0 spiro atoms. The van der Waals surface area contributed by atoms with Crippen molar-refractivity contribution in [1.82, 2.24) is 9.55 Å². The molecule has 3 unspecified atom stereocenters. The summed E-state index contributed by atoms with van der Waals surface area (Å²) >= 11 is 0. The summed E-state index contributed by atoms with van der Waals surface area (Å²) in [4.78, 5) is 15.2. The Bertz CT molecular complexity index is 588. The topological polar surface area (TPSA) is 131 Å². The van der Waals surface area contributed by atoms with E-state index >= 15 is 0 Å². The number of ether oxygens (including phenoxy) is 1. The zero-order valence-corrected chi connectivity index (χ0v) is 10.3. The second-order valence-electron chi connectivity index (χ2n) is 4.25. The molecule has 0 aromatic carbocycles. The third kappa shape index (κ3) is 2.31. The lowest BCUT2D eigenvalue weighted by molar-refractivity contribution is -0.0529. The second kappa shape index (κ2) is 5.67. The Kier molecular flexibility index (Phi) is 4.14. The first kappa shape index (κ1) is 14.6. The number of anilines is 1. The molecular formula is C11H14FN3O5. The first-order chi connectivity index (χ1) is 9.53. The van der Waals surface area contributed by atoms with E-state index in [1.54, 1.807) is 0 Å². The number of rotatable bonds is 3. The largest absolute Gasteiger partial charge is 0.393 e. The van der Waals surface area contributed by atoms with Gasteiger partial charge in [-0.1, -0.05) is 0 Å². The molecular weight excluding hydrogens is 273 g/mol. The Balaban J connectivity index is 2.45. The summed E-state index contributed by atoms with van der Waals surface area (Å²) in [7, 11) is 0. The molecule has 0 bridgehead atoms. The minimum atomic E-state index is -1.45. The highest BCUT2D eigenvalue weighted by atomic mass is 19.1. The maximum absolute atomic E-state index is 12.7. The highest BCUT2D eigenvalue weighted by Gasteiger charge is 2.40. The zero-order valence-electron chi connectivity index (χ0n) is 10.3. The predicted octanol–water partition coefficient (Wildman–Crippen LogP) is -1.58. The van der Waals surface area contributed by atoms with Gasteiger partial charge in [-0.25, -0.2) is 9.18 Å². The van der Waals surface area contributed by atoms with Crippen LogP contribution in [0.1, 0.15) is 11.8 Å². The molecule has 110 valence electrons. The number of halogens is 1. The van der Waals surface area contributed by atoms with Crippen LogP contribution in [0.15, 0.2) is 22.9 Å². The van der Waals surface area contributed by atoms with E-state index in [0.29, 0.717) is 0 Å². The Morgan fingerprint density at radius 1 is 1.55 bits per heavy atom. The van der Waals surface area contributed by atoms with Crippen LogP contribution in [0.3, 0.4) is 0 Å². The molecule has 1 fully saturated rings. The van der Waals surface area contributed by atoms with E-state index in [4.69, 9.17) is 20.7 Å². The van der Waals surface area contributed by atoms with Crippen LogP contribution in [0.5, 0.6) is 0 Å². The van der Waals surface area contributed by atoms with Gasteiger partial charge in [-0.2, -0.15) is 4.98 Å². The van der Waals surface area contributed by atoms with Gasteiger partial charge in [-0.3, -0.25) is 4.57 Å². The number of aliphatic hydroxyl groups is 3. The minimum Gasteiger partial charge on any atom is -0.393 e.